The fourth-order valence-electron chi connectivity index (χ4n) is 3.84. The van der Waals surface area contributed by atoms with Crippen molar-refractivity contribution in [1.29, 1.82) is 0 Å². The van der Waals surface area contributed by atoms with E-state index in [-0.39, 0.29) is 5.91 Å². The molecular formula is C19H20N4O. The van der Waals surface area contributed by atoms with Gasteiger partial charge in [-0.1, -0.05) is 12.1 Å². The fraction of sp³-hybridized carbons (Fsp3) is 0.368. The molecule has 2 aliphatic rings. The number of rotatable bonds is 2. The fourth-order valence-corrected chi connectivity index (χ4v) is 3.84. The van der Waals surface area contributed by atoms with E-state index < -0.39 is 0 Å². The van der Waals surface area contributed by atoms with Gasteiger partial charge in [0.15, 0.2) is 0 Å². The van der Waals surface area contributed by atoms with Crippen LogP contribution in [0.1, 0.15) is 46.1 Å². The van der Waals surface area contributed by atoms with Gasteiger partial charge in [0.1, 0.15) is 0 Å². The van der Waals surface area contributed by atoms with Crippen LogP contribution in [0.15, 0.2) is 30.5 Å². The normalized spacial score (nSPS) is 17.8. The van der Waals surface area contributed by atoms with Crippen LogP contribution in [0, 0.1) is 0 Å². The molecule has 0 unspecified atom stereocenters. The van der Waals surface area contributed by atoms with Crippen LogP contribution in [0.5, 0.6) is 0 Å². The molecule has 1 aromatic carbocycles. The van der Waals surface area contributed by atoms with Crippen molar-refractivity contribution in [3.05, 3.63) is 53.0 Å². The van der Waals surface area contributed by atoms with Crippen molar-refractivity contribution in [2.75, 3.05) is 13.1 Å². The Balaban J connectivity index is 1.42. The highest BCUT2D eigenvalue weighted by atomic mass is 16.2. The molecule has 0 radical (unpaired) electrons. The quantitative estimate of drug-likeness (QED) is 0.762. The van der Waals surface area contributed by atoms with Gasteiger partial charge in [0.25, 0.3) is 5.91 Å². The first-order valence-electron chi connectivity index (χ1n) is 8.72. The highest BCUT2D eigenvalue weighted by Crippen LogP contribution is 2.41. The zero-order chi connectivity index (χ0) is 16.1. The van der Waals surface area contributed by atoms with E-state index in [0.717, 1.165) is 42.4 Å². The molecule has 1 aliphatic heterocycles. The van der Waals surface area contributed by atoms with Gasteiger partial charge < -0.3 is 9.88 Å². The molecule has 0 atom stereocenters. The summed E-state index contributed by atoms with van der Waals surface area (Å²) in [5.74, 6) is 0.772. The first-order valence-corrected chi connectivity index (χ1v) is 8.72. The molecule has 2 aromatic heterocycles. The lowest BCUT2D eigenvalue weighted by Gasteiger charge is -2.20. The highest BCUT2D eigenvalue weighted by molar-refractivity contribution is 6.05. The van der Waals surface area contributed by atoms with Crippen LogP contribution in [0.2, 0.25) is 0 Å². The molecule has 1 amide bonds. The predicted molar refractivity (Wildman–Crippen MR) is 92.2 cm³/mol. The number of carbonyl (C=O) groups is 1. The van der Waals surface area contributed by atoms with Gasteiger partial charge in [-0.15, -0.1) is 0 Å². The van der Waals surface area contributed by atoms with Gasteiger partial charge in [-0.2, -0.15) is 5.10 Å². The van der Waals surface area contributed by atoms with Gasteiger partial charge in [-0.05, 0) is 37.0 Å². The molecular weight excluding hydrogens is 300 g/mol. The van der Waals surface area contributed by atoms with Crippen LogP contribution in [0.3, 0.4) is 0 Å². The van der Waals surface area contributed by atoms with E-state index in [1.807, 2.05) is 35.4 Å². The lowest BCUT2D eigenvalue weighted by atomic mass is 10.1. The minimum Gasteiger partial charge on any atom is -0.361 e. The average Bonchev–Trinajstić information content (AvgIpc) is 3.26. The third-order valence-corrected chi connectivity index (χ3v) is 5.32. The van der Waals surface area contributed by atoms with Gasteiger partial charge in [0.05, 0.1) is 16.8 Å². The molecule has 5 heteroatoms. The summed E-state index contributed by atoms with van der Waals surface area (Å²) < 4.78 is 0. The number of carbonyl (C=O) groups excluding carboxylic acids is 1. The summed E-state index contributed by atoms with van der Waals surface area (Å²) in [5, 5.41) is 8.83. The zero-order valence-electron chi connectivity index (χ0n) is 13.5. The summed E-state index contributed by atoms with van der Waals surface area (Å²) >= 11 is 0. The molecule has 2 N–H and O–H groups in total. The lowest BCUT2D eigenvalue weighted by molar-refractivity contribution is 0.0764. The average molecular weight is 320 g/mol. The number of para-hydroxylation sites is 1. The number of hydrogen-bond acceptors (Lipinski definition) is 2. The number of nitrogens with zero attached hydrogens (tertiary/aromatic N) is 2. The van der Waals surface area contributed by atoms with E-state index in [4.69, 9.17) is 0 Å². The molecule has 1 aliphatic carbocycles. The monoisotopic (exact) mass is 320 g/mol. The van der Waals surface area contributed by atoms with Crippen molar-refractivity contribution in [3.63, 3.8) is 0 Å². The van der Waals surface area contributed by atoms with Crippen molar-refractivity contribution in [1.82, 2.24) is 20.1 Å². The SMILES string of the molecule is O=C(c1cccc2cc[nH]c12)N1CCc2[nH]nc(C3CC3)c2CC1. The van der Waals surface area contributed by atoms with Crippen LogP contribution in [-0.4, -0.2) is 39.1 Å². The molecule has 0 bridgehead atoms. The van der Waals surface area contributed by atoms with Gasteiger partial charge in [-0.3, -0.25) is 9.89 Å². The number of amides is 1. The first-order chi connectivity index (χ1) is 11.8. The second-order valence-corrected chi connectivity index (χ2v) is 6.88. The zero-order valence-corrected chi connectivity index (χ0v) is 13.5. The van der Waals surface area contributed by atoms with Crippen molar-refractivity contribution < 1.29 is 4.79 Å². The van der Waals surface area contributed by atoms with E-state index in [2.05, 4.69) is 15.2 Å². The third kappa shape index (κ3) is 2.15. The number of hydrogen-bond donors (Lipinski definition) is 2. The van der Waals surface area contributed by atoms with Gasteiger partial charge in [0.2, 0.25) is 0 Å². The first kappa shape index (κ1) is 13.8. The van der Waals surface area contributed by atoms with Crippen molar-refractivity contribution in [2.45, 2.75) is 31.6 Å². The maximum absolute atomic E-state index is 13.0. The maximum atomic E-state index is 13.0. The number of H-pyrrole nitrogens is 2. The smallest absolute Gasteiger partial charge is 0.256 e. The van der Waals surface area contributed by atoms with Crippen LogP contribution < -0.4 is 0 Å². The summed E-state index contributed by atoms with van der Waals surface area (Å²) in [6, 6.07) is 7.91. The Labute approximate surface area is 140 Å². The van der Waals surface area contributed by atoms with E-state index in [1.165, 1.54) is 29.8 Å². The van der Waals surface area contributed by atoms with E-state index in [0.29, 0.717) is 5.92 Å². The predicted octanol–water partition coefficient (Wildman–Crippen LogP) is 3.01. The minimum absolute atomic E-state index is 0.120. The van der Waals surface area contributed by atoms with Crippen LogP contribution in [0.4, 0.5) is 0 Å². The van der Waals surface area contributed by atoms with Crippen molar-refractivity contribution in [2.24, 2.45) is 0 Å². The Morgan fingerprint density at radius 1 is 1.17 bits per heavy atom. The number of aromatic nitrogens is 3. The lowest BCUT2D eigenvalue weighted by Crippen LogP contribution is -2.33. The molecule has 3 aromatic rings. The van der Waals surface area contributed by atoms with E-state index >= 15 is 0 Å². The molecule has 24 heavy (non-hydrogen) atoms. The number of benzene rings is 1. The maximum Gasteiger partial charge on any atom is 0.256 e. The molecule has 0 spiro atoms. The topological polar surface area (TPSA) is 64.8 Å². The van der Waals surface area contributed by atoms with Gasteiger partial charge in [0, 0.05) is 42.7 Å². The Bertz CT molecular complexity index is 918. The van der Waals surface area contributed by atoms with E-state index in [1.54, 1.807) is 0 Å². The standard InChI is InChI=1S/C19H20N4O/c24-19(15-3-1-2-12-6-9-20-17(12)15)23-10-7-14-16(8-11-23)21-22-18(14)13-4-5-13/h1-3,6,9,13,20H,4-5,7-8,10-11H2,(H,21,22). The Morgan fingerprint density at radius 3 is 2.92 bits per heavy atom. The molecule has 1 saturated carbocycles. The molecule has 3 heterocycles. The Kier molecular flexibility index (Phi) is 3.01. The van der Waals surface area contributed by atoms with Crippen LogP contribution in [-0.2, 0) is 12.8 Å². The molecule has 5 rings (SSSR count). The molecule has 0 saturated heterocycles. The summed E-state index contributed by atoms with van der Waals surface area (Å²) in [5.41, 5.74) is 5.55. The number of aromatic amines is 2. The second kappa shape index (κ2) is 5.23. The molecule has 5 nitrogen and oxygen atoms in total. The number of fused-ring (bicyclic) bond motifs is 2. The van der Waals surface area contributed by atoms with E-state index in [9.17, 15) is 4.79 Å². The van der Waals surface area contributed by atoms with Crippen LogP contribution >= 0.6 is 0 Å². The van der Waals surface area contributed by atoms with Crippen molar-refractivity contribution in [3.8, 4) is 0 Å². The summed E-state index contributed by atoms with van der Waals surface area (Å²) in [6.45, 7) is 1.51. The summed E-state index contributed by atoms with van der Waals surface area (Å²) in [6.07, 6.45) is 6.18. The summed E-state index contributed by atoms with van der Waals surface area (Å²) in [7, 11) is 0. The van der Waals surface area contributed by atoms with Crippen LogP contribution in [0.25, 0.3) is 10.9 Å². The molecule has 1 fully saturated rings. The minimum atomic E-state index is 0.120. The highest BCUT2D eigenvalue weighted by Gasteiger charge is 2.31. The van der Waals surface area contributed by atoms with Gasteiger partial charge >= 0.3 is 0 Å². The Hall–Kier alpha value is -2.56. The number of nitrogens with one attached hydrogen (secondary N) is 2. The van der Waals surface area contributed by atoms with Crippen molar-refractivity contribution >= 4 is 16.8 Å². The van der Waals surface area contributed by atoms with Gasteiger partial charge in [-0.25, -0.2) is 0 Å². The summed E-state index contributed by atoms with van der Waals surface area (Å²) in [4.78, 5) is 18.2. The third-order valence-electron chi connectivity index (χ3n) is 5.32. The Morgan fingerprint density at radius 2 is 2.04 bits per heavy atom. The second-order valence-electron chi connectivity index (χ2n) is 6.88. The largest absolute Gasteiger partial charge is 0.361 e. The molecule has 122 valence electrons.